The summed E-state index contributed by atoms with van der Waals surface area (Å²) < 4.78 is 0. The van der Waals surface area contributed by atoms with Crippen LogP contribution in [0.5, 0.6) is 0 Å². The van der Waals surface area contributed by atoms with Crippen molar-refractivity contribution in [3.63, 3.8) is 0 Å². The van der Waals surface area contributed by atoms with Crippen LogP contribution in [0.15, 0.2) is 35.2 Å². The SMILES string of the molecule is CCN(C(C)=O)c1nc(/C=C(\C#N)C(=O)Nc2cccc(C)c2)cs1. The number of anilines is 2. The summed E-state index contributed by atoms with van der Waals surface area (Å²) in [6.07, 6.45) is 1.42. The van der Waals surface area contributed by atoms with Gasteiger partial charge in [-0.25, -0.2) is 4.98 Å². The lowest BCUT2D eigenvalue weighted by molar-refractivity contribution is -0.116. The third-order valence-corrected chi connectivity index (χ3v) is 4.25. The second-order valence-corrected chi connectivity index (χ2v) is 6.15. The van der Waals surface area contributed by atoms with Gasteiger partial charge in [-0.1, -0.05) is 12.1 Å². The first-order chi connectivity index (χ1) is 11.9. The summed E-state index contributed by atoms with van der Waals surface area (Å²) in [4.78, 5) is 29.7. The smallest absolute Gasteiger partial charge is 0.266 e. The maximum Gasteiger partial charge on any atom is 0.266 e. The van der Waals surface area contributed by atoms with Crippen LogP contribution in [0, 0.1) is 18.3 Å². The molecule has 0 aliphatic rings. The van der Waals surface area contributed by atoms with Gasteiger partial charge >= 0.3 is 0 Å². The van der Waals surface area contributed by atoms with Crippen LogP contribution in [0.3, 0.4) is 0 Å². The Labute approximate surface area is 150 Å². The van der Waals surface area contributed by atoms with Gasteiger partial charge in [0.05, 0.1) is 5.69 Å². The molecule has 1 aromatic carbocycles. The van der Waals surface area contributed by atoms with Gasteiger partial charge in [0.25, 0.3) is 5.91 Å². The molecule has 6 nitrogen and oxygen atoms in total. The first kappa shape index (κ1) is 18.4. The number of hydrogen-bond donors (Lipinski definition) is 1. The van der Waals surface area contributed by atoms with Gasteiger partial charge in [-0.3, -0.25) is 14.5 Å². The summed E-state index contributed by atoms with van der Waals surface area (Å²) in [6.45, 7) is 5.75. The van der Waals surface area contributed by atoms with E-state index >= 15 is 0 Å². The van der Waals surface area contributed by atoms with Crippen molar-refractivity contribution < 1.29 is 9.59 Å². The molecule has 128 valence electrons. The molecule has 2 aromatic rings. The minimum Gasteiger partial charge on any atom is -0.321 e. The predicted molar refractivity (Wildman–Crippen MR) is 99.2 cm³/mol. The first-order valence-corrected chi connectivity index (χ1v) is 8.56. The van der Waals surface area contributed by atoms with Crippen LogP contribution in [0.25, 0.3) is 6.08 Å². The average molecular weight is 354 g/mol. The van der Waals surface area contributed by atoms with E-state index in [0.29, 0.717) is 23.1 Å². The van der Waals surface area contributed by atoms with Gasteiger partial charge in [0.1, 0.15) is 11.6 Å². The summed E-state index contributed by atoms with van der Waals surface area (Å²) in [6, 6.07) is 9.22. The molecule has 0 aliphatic carbocycles. The van der Waals surface area contributed by atoms with Crippen LogP contribution in [-0.2, 0) is 9.59 Å². The molecular formula is C18H18N4O2S. The lowest BCUT2D eigenvalue weighted by Crippen LogP contribution is -2.27. The number of nitrogens with zero attached hydrogens (tertiary/aromatic N) is 3. The van der Waals surface area contributed by atoms with Gasteiger partial charge in [-0.2, -0.15) is 5.26 Å². The Morgan fingerprint density at radius 3 is 2.80 bits per heavy atom. The van der Waals surface area contributed by atoms with Crippen molar-refractivity contribution in [2.45, 2.75) is 20.8 Å². The van der Waals surface area contributed by atoms with Crippen molar-refractivity contribution in [3.05, 3.63) is 46.5 Å². The molecule has 1 aromatic heterocycles. The van der Waals surface area contributed by atoms with Crippen LogP contribution in [-0.4, -0.2) is 23.3 Å². The number of aromatic nitrogens is 1. The maximum atomic E-state index is 12.3. The minimum atomic E-state index is -0.499. The molecule has 0 unspecified atom stereocenters. The molecule has 0 saturated heterocycles. The second-order valence-electron chi connectivity index (χ2n) is 5.31. The van der Waals surface area contributed by atoms with Crippen LogP contribution in [0.1, 0.15) is 25.1 Å². The molecule has 0 spiro atoms. The molecule has 1 heterocycles. The number of carbonyl (C=O) groups excluding carboxylic acids is 2. The lowest BCUT2D eigenvalue weighted by Gasteiger charge is -2.14. The fourth-order valence-electron chi connectivity index (χ4n) is 2.18. The van der Waals surface area contributed by atoms with Crippen molar-refractivity contribution in [1.82, 2.24) is 4.98 Å². The van der Waals surface area contributed by atoms with E-state index in [1.54, 1.807) is 11.4 Å². The molecule has 0 saturated carbocycles. The highest BCUT2D eigenvalue weighted by atomic mass is 32.1. The van der Waals surface area contributed by atoms with E-state index in [-0.39, 0.29) is 11.5 Å². The highest BCUT2D eigenvalue weighted by Crippen LogP contribution is 2.22. The van der Waals surface area contributed by atoms with Crippen molar-refractivity contribution in [3.8, 4) is 6.07 Å². The van der Waals surface area contributed by atoms with Crippen LogP contribution < -0.4 is 10.2 Å². The van der Waals surface area contributed by atoms with Gasteiger partial charge < -0.3 is 5.32 Å². The zero-order valence-corrected chi connectivity index (χ0v) is 15.1. The first-order valence-electron chi connectivity index (χ1n) is 7.68. The molecule has 2 amide bonds. The predicted octanol–water partition coefficient (Wildman–Crippen LogP) is 3.37. The molecule has 0 aliphatic heterocycles. The van der Waals surface area contributed by atoms with E-state index in [0.717, 1.165) is 5.56 Å². The van der Waals surface area contributed by atoms with Crippen LogP contribution in [0.4, 0.5) is 10.8 Å². The number of nitrogens with one attached hydrogen (secondary N) is 1. The number of amides is 2. The highest BCUT2D eigenvalue weighted by molar-refractivity contribution is 7.14. The Bertz CT molecular complexity index is 864. The Morgan fingerprint density at radius 1 is 1.44 bits per heavy atom. The summed E-state index contributed by atoms with van der Waals surface area (Å²) in [5.74, 6) is -0.605. The van der Waals surface area contributed by atoms with E-state index in [1.807, 2.05) is 38.1 Å². The quantitative estimate of drug-likeness (QED) is 0.659. The third kappa shape index (κ3) is 4.75. The summed E-state index contributed by atoms with van der Waals surface area (Å²) in [5.41, 5.74) is 2.05. The number of benzene rings is 1. The molecule has 25 heavy (non-hydrogen) atoms. The largest absolute Gasteiger partial charge is 0.321 e. The molecule has 0 bridgehead atoms. The number of carbonyl (C=O) groups is 2. The van der Waals surface area contributed by atoms with E-state index < -0.39 is 5.91 Å². The van der Waals surface area contributed by atoms with Gasteiger partial charge in [0, 0.05) is 24.5 Å². The zero-order chi connectivity index (χ0) is 18.4. The molecule has 2 rings (SSSR count). The Kier molecular flexibility index (Phi) is 6.03. The molecule has 1 N–H and O–H groups in total. The molecule has 0 radical (unpaired) electrons. The third-order valence-electron chi connectivity index (χ3n) is 3.37. The number of aryl methyl sites for hydroxylation is 1. The van der Waals surface area contributed by atoms with Crippen molar-refractivity contribution >= 4 is 40.0 Å². The average Bonchev–Trinajstić information content (AvgIpc) is 3.01. The van der Waals surface area contributed by atoms with Gasteiger partial charge in [-0.15, -0.1) is 11.3 Å². The number of hydrogen-bond acceptors (Lipinski definition) is 5. The molecule has 0 fully saturated rings. The van der Waals surface area contributed by atoms with Crippen LogP contribution in [0.2, 0.25) is 0 Å². The summed E-state index contributed by atoms with van der Waals surface area (Å²) in [5, 5.41) is 14.2. The van der Waals surface area contributed by atoms with E-state index in [4.69, 9.17) is 0 Å². The zero-order valence-electron chi connectivity index (χ0n) is 14.2. The fourth-order valence-corrected chi connectivity index (χ4v) is 3.07. The summed E-state index contributed by atoms with van der Waals surface area (Å²) >= 11 is 1.29. The van der Waals surface area contributed by atoms with E-state index in [9.17, 15) is 14.9 Å². The van der Waals surface area contributed by atoms with E-state index in [1.165, 1.54) is 29.2 Å². The Morgan fingerprint density at radius 2 is 2.20 bits per heavy atom. The monoisotopic (exact) mass is 354 g/mol. The van der Waals surface area contributed by atoms with Gasteiger partial charge in [0.2, 0.25) is 5.91 Å². The Balaban J connectivity index is 2.20. The Hall–Kier alpha value is -2.98. The van der Waals surface area contributed by atoms with Crippen LogP contribution >= 0.6 is 11.3 Å². The molecular weight excluding hydrogens is 336 g/mol. The molecule has 0 atom stereocenters. The minimum absolute atomic E-state index is 0.0516. The second kappa shape index (κ2) is 8.22. The topological polar surface area (TPSA) is 86.1 Å². The normalized spacial score (nSPS) is 10.9. The van der Waals surface area contributed by atoms with Gasteiger partial charge in [0.15, 0.2) is 5.13 Å². The summed E-state index contributed by atoms with van der Waals surface area (Å²) in [7, 11) is 0. The van der Waals surface area contributed by atoms with Crippen molar-refractivity contribution in [1.29, 1.82) is 5.26 Å². The fraction of sp³-hybridized carbons (Fsp3) is 0.222. The number of nitriles is 1. The standard InChI is InChI=1S/C18H18N4O2S/c1-4-22(13(3)23)18-21-16(11-25-18)9-14(10-19)17(24)20-15-7-5-6-12(2)8-15/h5-9,11H,4H2,1-3H3,(H,20,24)/b14-9+. The van der Waals surface area contributed by atoms with E-state index in [2.05, 4.69) is 10.3 Å². The van der Waals surface area contributed by atoms with Gasteiger partial charge in [-0.05, 0) is 37.6 Å². The lowest BCUT2D eigenvalue weighted by atomic mass is 10.2. The maximum absolute atomic E-state index is 12.3. The molecule has 7 heteroatoms. The highest BCUT2D eigenvalue weighted by Gasteiger charge is 2.15. The van der Waals surface area contributed by atoms with Crippen molar-refractivity contribution in [2.24, 2.45) is 0 Å². The number of rotatable bonds is 5. The van der Waals surface area contributed by atoms with Crippen molar-refractivity contribution in [2.75, 3.05) is 16.8 Å². The number of thiazole rings is 1.